The molecular weight excluding hydrogens is 253 g/mol. The first-order valence-electron chi connectivity index (χ1n) is 5.37. The summed E-state index contributed by atoms with van der Waals surface area (Å²) in [6, 6.07) is 6.24. The number of hydrogen-bond donors (Lipinski definition) is 2. The fourth-order valence-electron chi connectivity index (χ4n) is 1.68. The Balaban J connectivity index is 2.11. The van der Waals surface area contributed by atoms with Crippen LogP contribution in [0.1, 0.15) is 20.8 Å². The smallest absolute Gasteiger partial charge is 0.346 e. The lowest BCUT2D eigenvalue weighted by Crippen LogP contribution is -2.05. The number of halogens is 1. The highest BCUT2D eigenvalue weighted by atomic mass is 32.1. The molecule has 0 aliphatic carbocycles. The Bertz CT molecular complexity index is 580. The van der Waals surface area contributed by atoms with Gasteiger partial charge in [0.25, 0.3) is 0 Å². The zero-order chi connectivity index (χ0) is 13.1. The minimum absolute atomic E-state index is 0.278. The summed E-state index contributed by atoms with van der Waals surface area (Å²) in [5, 5.41) is 13.8. The normalized spacial score (nSPS) is 10.3. The molecule has 5 heteroatoms. The van der Waals surface area contributed by atoms with Gasteiger partial charge >= 0.3 is 5.97 Å². The minimum Gasteiger partial charge on any atom is -0.477 e. The van der Waals surface area contributed by atoms with E-state index in [1.165, 1.54) is 23.5 Å². The average molecular weight is 265 g/mol. The molecule has 0 aliphatic rings. The number of carbonyl (C=O) groups is 1. The quantitative estimate of drug-likeness (QED) is 0.889. The van der Waals surface area contributed by atoms with Crippen LogP contribution in [0.3, 0.4) is 0 Å². The van der Waals surface area contributed by atoms with Gasteiger partial charge in [0.2, 0.25) is 0 Å². The van der Waals surface area contributed by atoms with Crippen LogP contribution >= 0.6 is 11.3 Å². The van der Waals surface area contributed by atoms with Crippen LogP contribution in [-0.2, 0) is 6.54 Å². The topological polar surface area (TPSA) is 49.3 Å². The van der Waals surface area contributed by atoms with E-state index in [4.69, 9.17) is 5.11 Å². The van der Waals surface area contributed by atoms with Crippen molar-refractivity contribution in [1.82, 2.24) is 0 Å². The Morgan fingerprint density at radius 1 is 1.44 bits per heavy atom. The van der Waals surface area contributed by atoms with Gasteiger partial charge in [-0.25, -0.2) is 9.18 Å². The SMILES string of the molecule is Cc1cc(F)ccc1NCc1ccsc1C(=O)O. The van der Waals surface area contributed by atoms with Crippen LogP contribution < -0.4 is 5.32 Å². The van der Waals surface area contributed by atoms with E-state index in [1.807, 2.05) is 0 Å². The van der Waals surface area contributed by atoms with Crippen molar-refractivity contribution in [3.63, 3.8) is 0 Å². The van der Waals surface area contributed by atoms with E-state index >= 15 is 0 Å². The Kier molecular flexibility index (Phi) is 3.62. The molecule has 0 fully saturated rings. The van der Waals surface area contributed by atoms with Crippen molar-refractivity contribution in [2.75, 3.05) is 5.32 Å². The molecule has 2 rings (SSSR count). The van der Waals surface area contributed by atoms with E-state index in [-0.39, 0.29) is 5.82 Å². The Morgan fingerprint density at radius 2 is 2.22 bits per heavy atom. The number of aryl methyl sites for hydroxylation is 1. The monoisotopic (exact) mass is 265 g/mol. The molecule has 18 heavy (non-hydrogen) atoms. The molecule has 0 amide bonds. The number of aromatic carboxylic acids is 1. The van der Waals surface area contributed by atoms with E-state index in [9.17, 15) is 9.18 Å². The van der Waals surface area contributed by atoms with E-state index in [0.717, 1.165) is 16.8 Å². The molecule has 2 N–H and O–H groups in total. The van der Waals surface area contributed by atoms with Crippen LogP contribution in [0.15, 0.2) is 29.6 Å². The van der Waals surface area contributed by atoms with Gasteiger partial charge < -0.3 is 10.4 Å². The van der Waals surface area contributed by atoms with Gasteiger partial charge in [0, 0.05) is 12.2 Å². The van der Waals surface area contributed by atoms with Gasteiger partial charge in [-0.15, -0.1) is 11.3 Å². The number of anilines is 1. The predicted octanol–water partition coefficient (Wildman–Crippen LogP) is 3.51. The highest BCUT2D eigenvalue weighted by molar-refractivity contribution is 7.12. The first kappa shape index (κ1) is 12.6. The largest absolute Gasteiger partial charge is 0.477 e. The van der Waals surface area contributed by atoms with Crippen LogP contribution in [0.4, 0.5) is 10.1 Å². The maximum Gasteiger partial charge on any atom is 0.346 e. The summed E-state index contributed by atoms with van der Waals surface area (Å²) in [4.78, 5) is 11.3. The highest BCUT2D eigenvalue weighted by Gasteiger charge is 2.11. The molecule has 94 valence electrons. The third-order valence-electron chi connectivity index (χ3n) is 2.60. The van der Waals surface area contributed by atoms with Crippen molar-refractivity contribution < 1.29 is 14.3 Å². The van der Waals surface area contributed by atoms with Gasteiger partial charge in [-0.3, -0.25) is 0 Å². The molecule has 0 atom stereocenters. The summed E-state index contributed by atoms with van der Waals surface area (Å²) in [7, 11) is 0. The number of carboxylic acids is 1. The fourth-order valence-corrected chi connectivity index (χ4v) is 2.44. The van der Waals surface area contributed by atoms with Crippen molar-refractivity contribution in [2.45, 2.75) is 13.5 Å². The van der Waals surface area contributed by atoms with Gasteiger partial charge in [-0.2, -0.15) is 0 Å². The Morgan fingerprint density at radius 3 is 2.89 bits per heavy atom. The van der Waals surface area contributed by atoms with Crippen LogP contribution in [0.5, 0.6) is 0 Å². The number of benzene rings is 1. The standard InChI is InChI=1S/C13H12FNO2S/c1-8-6-10(14)2-3-11(8)15-7-9-4-5-18-12(9)13(16)17/h2-6,15H,7H2,1H3,(H,16,17). The zero-order valence-corrected chi connectivity index (χ0v) is 10.6. The molecular formula is C13H12FNO2S. The van der Waals surface area contributed by atoms with Crippen molar-refractivity contribution in [2.24, 2.45) is 0 Å². The van der Waals surface area contributed by atoms with Crippen LogP contribution in [-0.4, -0.2) is 11.1 Å². The summed E-state index contributed by atoms with van der Waals surface area (Å²) < 4.78 is 12.9. The zero-order valence-electron chi connectivity index (χ0n) is 9.74. The van der Waals surface area contributed by atoms with Gasteiger partial charge in [0.1, 0.15) is 10.7 Å². The molecule has 0 unspecified atom stereocenters. The molecule has 1 heterocycles. The highest BCUT2D eigenvalue weighted by Crippen LogP contribution is 2.20. The molecule has 3 nitrogen and oxygen atoms in total. The molecule has 0 radical (unpaired) electrons. The van der Waals surface area contributed by atoms with Gasteiger partial charge in [-0.1, -0.05) is 0 Å². The van der Waals surface area contributed by atoms with Crippen molar-refractivity contribution in [1.29, 1.82) is 0 Å². The number of hydrogen-bond acceptors (Lipinski definition) is 3. The number of carboxylic acid groups (broad SMARTS) is 1. The maximum atomic E-state index is 12.9. The second-order valence-electron chi connectivity index (χ2n) is 3.89. The minimum atomic E-state index is -0.919. The molecule has 0 saturated carbocycles. The molecule has 0 spiro atoms. The average Bonchev–Trinajstić information content (AvgIpc) is 2.76. The van der Waals surface area contributed by atoms with Crippen molar-refractivity contribution >= 4 is 23.0 Å². The first-order valence-corrected chi connectivity index (χ1v) is 6.25. The van der Waals surface area contributed by atoms with Crippen LogP contribution in [0.2, 0.25) is 0 Å². The summed E-state index contributed by atoms with van der Waals surface area (Å²) >= 11 is 1.20. The predicted molar refractivity (Wildman–Crippen MR) is 69.7 cm³/mol. The van der Waals surface area contributed by atoms with Crippen LogP contribution in [0, 0.1) is 12.7 Å². The molecule has 1 aromatic carbocycles. The van der Waals surface area contributed by atoms with Crippen molar-refractivity contribution in [3.05, 3.63) is 51.5 Å². The summed E-state index contributed by atoms with van der Waals surface area (Å²) in [6.45, 7) is 2.22. The third-order valence-corrected chi connectivity index (χ3v) is 3.54. The lowest BCUT2D eigenvalue weighted by atomic mass is 10.2. The second kappa shape index (κ2) is 5.18. The molecule has 1 aromatic heterocycles. The molecule has 0 aliphatic heterocycles. The van der Waals surface area contributed by atoms with Crippen molar-refractivity contribution in [3.8, 4) is 0 Å². The van der Waals surface area contributed by atoms with E-state index in [2.05, 4.69) is 5.32 Å². The maximum absolute atomic E-state index is 12.9. The molecule has 0 saturated heterocycles. The van der Waals surface area contributed by atoms with Gasteiger partial charge in [0.05, 0.1) is 0 Å². The van der Waals surface area contributed by atoms with Gasteiger partial charge in [-0.05, 0) is 47.7 Å². The fraction of sp³-hybridized carbons (Fsp3) is 0.154. The molecule has 2 aromatic rings. The van der Waals surface area contributed by atoms with Gasteiger partial charge in [0.15, 0.2) is 0 Å². The third kappa shape index (κ3) is 2.68. The molecule has 0 bridgehead atoms. The lowest BCUT2D eigenvalue weighted by molar-refractivity contribution is 0.0701. The summed E-state index contributed by atoms with van der Waals surface area (Å²) in [6.07, 6.45) is 0. The first-order chi connectivity index (χ1) is 8.58. The summed E-state index contributed by atoms with van der Waals surface area (Å²) in [5.41, 5.74) is 2.33. The number of thiophene rings is 1. The van der Waals surface area contributed by atoms with E-state index < -0.39 is 5.97 Å². The number of nitrogens with one attached hydrogen (secondary N) is 1. The van der Waals surface area contributed by atoms with E-state index in [1.54, 1.807) is 24.4 Å². The second-order valence-corrected chi connectivity index (χ2v) is 4.81. The Hall–Kier alpha value is -1.88. The summed E-state index contributed by atoms with van der Waals surface area (Å²) in [5.74, 6) is -1.20. The number of rotatable bonds is 4. The van der Waals surface area contributed by atoms with E-state index in [0.29, 0.717) is 11.4 Å². The lowest BCUT2D eigenvalue weighted by Gasteiger charge is -2.09. The van der Waals surface area contributed by atoms with Crippen LogP contribution in [0.25, 0.3) is 0 Å². The Labute approximate surface area is 108 Å².